The van der Waals surface area contributed by atoms with Crippen molar-refractivity contribution in [2.24, 2.45) is 17.4 Å². The Bertz CT molecular complexity index is 2610. The van der Waals surface area contributed by atoms with Gasteiger partial charge in [-0.3, -0.25) is 24.8 Å². The average Bonchev–Trinajstić information content (AvgIpc) is 3.99. The third-order valence-electron chi connectivity index (χ3n) is 10.8. The zero-order chi connectivity index (χ0) is 44.1. The molecule has 7 aromatic rings. The Morgan fingerprint density at radius 1 is 0.820 bits per heavy atom. The summed E-state index contributed by atoms with van der Waals surface area (Å²) in [4.78, 5) is 45.4. The molecule has 0 saturated heterocycles. The summed E-state index contributed by atoms with van der Waals surface area (Å²) < 4.78 is 1.77. The molecule has 0 saturated carbocycles. The highest BCUT2D eigenvalue weighted by Gasteiger charge is 2.21. The number of H-pyrrole nitrogens is 2. The first-order valence-electron chi connectivity index (χ1n) is 20.9. The standard InChI is InChI=1S/C23H28N6O.C17H20N6.C6H10O2/c1-3-14(2)21-23(30)29-13-19(16-12-26-17-9-5-4-8-15(16)17)27-18(22(29)28-21)10-6-7-11-20(24)25;18-16(19)8-4-3-7-14-17(20)22-10-15(23-14)12-9-21-13-6-2-1-5-11(12)13;1-3-5(2)6(8)4-7/h4-5,8-9,12-14,26,30H,3,6-7,10-11H2,1-2H3,(H3,24,25);1-2,5-6,9-10,21H,3-4,7-8H2,(H3,18,19)(H2,20,22);4-5H,3H2,1-2H3/p+1/t14-;;5-/m0.0/s1. The largest absolute Gasteiger partial charge is 1.00 e. The van der Waals surface area contributed by atoms with Crippen LogP contribution in [0.1, 0.15) is 103 Å². The summed E-state index contributed by atoms with van der Waals surface area (Å²) >= 11 is 0. The molecule has 11 N–H and O–H groups in total. The molecule has 0 amide bonds. The van der Waals surface area contributed by atoms with Crippen LogP contribution in [0.25, 0.3) is 50.0 Å². The highest BCUT2D eigenvalue weighted by Crippen LogP contribution is 2.34. The lowest BCUT2D eigenvalue weighted by atomic mass is 10.1. The second-order valence-corrected chi connectivity index (χ2v) is 15.3. The van der Waals surface area contributed by atoms with E-state index in [2.05, 4.69) is 45.9 Å². The van der Waals surface area contributed by atoms with Crippen molar-refractivity contribution in [3.8, 4) is 28.4 Å². The summed E-state index contributed by atoms with van der Waals surface area (Å²) in [7, 11) is 0. The molecule has 320 valence electrons. The van der Waals surface area contributed by atoms with Gasteiger partial charge in [0.1, 0.15) is 11.5 Å². The van der Waals surface area contributed by atoms with E-state index in [1.807, 2.05) is 61.9 Å². The lowest BCUT2D eigenvalue weighted by molar-refractivity contribution is -0.132. The number of nitrogens with zero attached hydrogens (tertiary/aromatic N) is 5. The lowest BCUT2D eigenvalue weighted by Gasteiger charge is -2.08. The number of aromatic nitrogens is 7. The molecule has 0 radical (unpaired) electrons. The van der Waals surface area contributed by atoms with Crippen molar-refractivity contribution >= 4 is 57.0 Å². The Kier molecular flexibility index (Phi) is 15.8. The molecule has 5 heterocycles. The average molecular weight is 828 g/mol. The third kappa shape index (κ3) is 11.4. The van der Waals surface area contributed by atoms with Crippen LogP contribution in [0.5, 0.6) is 5.88 Å². The molecular formula is C46H59N12O3+. The smallest absolute Gasteiger partial charge is 0.493 e. The Labute approximate surface area is 357 Å². The quantitative estimate of drug-likeness (QED) is 0.0142. The number of fused-ring (bicyclic) bond motifs is 3. The van der Waals surface area contributed by atoms with E-state index in [0.29, 0.717) is 42.7 Å². The van der Waals surface area contributed by atoms with Crippen LogP contribution in [0.3, 0.4) is 0 Å². The molecule has 0 aliphatic carbocycles. The molecular weight excluding hydrogens is 769 g/mol. The molecule has 0 spiro atoms. The van der Waals surface area contributed by atoms with Gasteiger partial charge in [0.05, 0.1) is 40.6 Å². The van der Waals surface area contributed by atoms with Gasteiger partial charge < -0.3 is 32.3 Å². The maximum atomic E-state index is 10.9. The first-order valence-corrected chi connectivity index (χ1v) is 20.9. The number of hydrogen-bond donors (Lipinski definition) is 8. The number of benzene rings is 2. The van der Waals surface area contributed by atoms with Gasteiger partial charge in [-0.25, -0.2) is 19.9 Å². The number of nitrogens with one attached hydrogen (secondary N) is 4. The Balaban J connectivity index is 0.000000234. The summed E-state index contributed by atoms with van der Waals surface area (Å²) in [5, 5.41) is 27.8. The second-order valence-electron chi connectivity index (χ2n) is 15.3. The molecule has 5 aromatic heterocycles. The number of carbonyl (C=O) groups excluding carboxylic acids is 2. The number of Topliss-reactive ketones (excluding diaryl/α,β-unsaturated/α-hetero) is 1. The van der Waals surface area contributed by atoms with Gasteiger partial charge in [-0.1, -0.05) is 64.1 Å². The SMILES string of the molecule is CC[C@H](C)C(=O)C=O.CC[C@H](C)c1nc2c(CCCCC(=N)N)nc(-c3c[nH]c4ccccc34)cn2c1O.N=C(N)CCCCc1nc(-c2c[nH]c3ccccc23)cnc1N.[H+]. The van der Waals surface area contributed by atoms with Crippen molar-refractivity contribution in [3.05, 3.63) is 90.4 Å². The number of imidazole rings is 1. The van der Waals surface area contributed by atoms with Crippen molar-refractivity contribution in [2.75, 3.05) is 5.73 Å². The Hall–Kier alpha value is -6.90. The fourth-order valence-electron chi connectivity index (χ4n) is 6.79. The normalized spacial score (nSPS) is 12.0. The predicted molar refractivity (Wildman–Crippen MR) is 245 cm³/mol. The molecule has 0 aliphatic heterocycles. The van der Waals surface area contributed by atoms with E-state index < -0.39 is 0 Å². The number of nitrogens with two attached hydrogens (primary N) is 3. The number of aromatic amines is 2. The van der Waals surface area contributed by atoms with E-state index in [0.717, 1.165) is 101 Å². The minimum atomic E-state index is -0.299. The summed E-state index contributed by atoms with van der Waals surface area (Å²) in [6, 6.07) is 16.2. The minimum Gasteiger partial charge on any atom is -0.493 e. The van der Waals surface area contributed by atoms with Gasteiger partial charge in [0.25, 0.3) is 0 Å². The zero-order valence-corrected chi connectivity index (χ0v) is 35.5. The number of aryl methyl sites for hydroxylation is 2. The van der Waals surface area contributed by atoms with Crippen molar-refractivity contribution < 1.29 is 16.1 Å². The second kappa shape index (κ2) is 21.4. The van der Waals surface area contributed by atoms with Crippen molar-refractivity contribution in [1.29, 1.82) is 10.8 Å². The van der Waals surface area contributed by atoms with Gasteiger partial charge >= 0.3 is 1.43 Å². The molecule has 2 atom stereocenters. The predicted octanol–water partition coefficient (Wildman–Crippen LogP) is 8.51. The van der Waals surface area contributed by atoms with Crippen LogP contribution in [0.15, 0.2) is 73.3 Å². The third-order valence-corrected chi connectivity index (χ3v) is 10.8. The fourth-order valence-corrected chi connectivity index (χ4v) is 6.79. The van der Waals surface area contributed by atoms with E-state index in [1.165, 1.54) is 0 Å². The first kappa shape index (κ1) is 45.2. The van der Waals surface area contributed by atoms with Crippen LogP contribution in [-0.4, -0.2) is 63.2 Å². The number of ketones is 1. The van der Waals surface area contributed by atoms with Gasteiger partial charge in [0, 0.05) is 76.2 Å². The monoisotopic (exact) mass is 827 g/mol. The number of anilines is 1. The Morgan fingerprint density at radius 3 is 1.89 bits per heavy atom. The summed E-state index contributed by atoms with van der Waals surface area (Å²) in [5.74, 6) is 0.853. The van der Waals surface area contributed by atoms with Crippen molar-refractivity contribution in [3.63, 3.8) is 0 Å². The molecule has 0 bridgehead atoms. The van der Waals surface area contributed by atoms with E-state index >= 15 is 0 Å². The molecule has 0 fully saturated rings. The summed E-state index contributed by atoms with van der Waals surface area (Å²) in [5.41, 5.74) is 25.6. The maximum absolute atomic E-state index is 10.9. The first-order chi connectivity index (χ1) is 29.4. The van der Waals surface area contributed by atoms with Crippen LogP contribution < -0.4 is 17.2 Å². The molecule has 61 heavy (non-hydrogen) atoms. The van der Waals surface area contributed by atoms with Crippen molar-refractivity contribution in [2.45, 2.75) is 97.8 Å². The number of aldehydes is 1. The molecule has 0 aliphatic rings. The number of nitrogen functional groups attached to an aromatic ring is 1. The van der Waals surface area contributed by atoms with Crippen molar-refractivity contribution in [1.82, 2.24) is 34.3 Å². The number of rotatable bonds is 17. The minimum absolute atomic E-state index is 0. The molecule has 15 heteroatoms. The zero-order valence-electron chi connectivity index (χ0n) is 36.5. The van der Waals surface area contributed by atoms with E-state index in [4.69, 9.17) is 38.0 Å². The van der Waals surface area contributed by atoms with Gasteiger partial charge in [-0.2, -0.15) is 0 Å². The molecule has 2 aromatic carbocycles. The number of amidine groups is 2. The van der Waals surface area contributed by atoms with Gasteiger partial charge in [-0.05, 0) is 63.5 Å². The van der Waals surface area contributed by atoms with Crippen LogP contribution in [0.2, 0.25) is 0 Å². The number of aromatic hydroxyl groups is 1. The van der Waals surface area contributed by atoms with E-state index in [9.17, 15) is 14.7 Å². The van der Waals surface area contributed by atoms with Gasteiger partial charge in [-0.15, -0.1) is 0 Å². The fraction of sp³-hybridized carbons (Fsp3) is 0.348. The molecule has 15 nitrogen and oxygen atoms in total. The van der Waals surface area contributed by atoms with Gasteiger partial charge in [0.15, 0.2) is 17.7 Å². The van der Waals surface area contributed by atoms with Crippen LogP contribution in [0, 0.1) is 16.7 Å². The lowest BCUT2D eigenvalue weighted by Crippen LogP contribution is -2.09. The number of hydrogen-bond acceptors (Lipinski definition) is 10. The summed E-state index contributed by atoms with van der Waals surface area (Å²) in [6.45, 7) is 7.79. The van der Waals surface area contributed by atoms with E-state index in [-0.39, 0.29) is 36.6 Å². The maximum Gasteiger partial charge on any atom is 1.00 e. The van der Waals surface area contributed by atoms with Gasteiger partial charge in [0.2, 0.25) is 5.88 Å². The molecule has 7 rings (SSSR count). The highest BCUT2D eigenvalue weighted by molar-refractivity contribution is 6.25. The number of carbonyl (C=O) groups is 2. The van der Waals surface area contributed by atoms with Crippen LogP contribution in [0.4, 0.5) is 5.82 Å². The Morgan fingerprint density at radius 2 is 1.36 bits per heavy atom. The number of unbranched alkanes of at least 4 members (excludes halogenated alkanes) is 2. The van der Waals surface area contributed by atoms with Crippen LogP contribution >= 0.6 is 0 Å². The summed E-state index contributed by atoms with van der Waals surface area (Å²) in [6.07, 6.45) is 15.6. The topological polar surface area (TPSA) is 268 Å². The highest BCUT2D eigenvalue weighted by atomic mass is 16.3. The van der Waals surface area contributed by atoms with E-state index in [1.54, 1.807) is 17.5 Å². The molecule has 0 unspecified atom stereocenters. The number of para-hydroxylation sites is 2. The van der Waals surface area contributed by atoms with Crippen LogP contribution in [-0.2, 0) is 22.4 Å².